The van der Waals surface area contributed by atoms with E-state index >= 15 is 0 Å². The predicted octanol–water partition coefficient (Wildman–Crippen LogP) is 4.50. The largest absolute Gasteiger partial charge is 0.491 e. The number of rotatable bonds is 4. The standard InChI is InChI=1S/C26H28IN3O4/c1-16(2)33-22-6-4-17(12-18(22)15-31)25(32)30-10-8-26(9-11-30)21-14-29(3)28-24(21)20-13-19(27)5-7-23(20)34-26/h4-7,12-14,16,31H,8-11,15H2,1-3H3. The van der Waals surface area contributed by atoms with Crippen molar-refractivity contribution in [2.24, 2.45) is 7.05 Å². The molecular weight excluding hydrogens is 545 g/mol. The molecule has 0 radical (unpaired) electrons. The highest BCUT2D eigenvalue weighted by Gasteiger charge is 2.46. The van der Waals surface area contributed by atoms with E-state index in [0.29, 0.717) is 42.8 Å². The number of carbonyl (C=O) groups is 1. The van der Waals surface area contributed by atoms with Gasteiger partial charge < -0.3 is 19.5 Å². The number of aromatic nitrogens is 2. The first-order chi connectivity index (χ1) is 16.3. The van der Waals surface area contributed by atoms with Crippen molar-refractivity contribution in [1.82, 2.24) is 14.7 Å². The lowest BCUT2D eigenvalue weighted by atomic mass is 9.81. The van der Waals surface area contributed by atoms with Crippen LogP contribution in [-0.2, 0) is 19.3 Å². The molecule has 5 rings (SSSR count). The number of ether oxygens (including phenoxy) is 2. The summed E-state index contributed by atoms with van der Waals surface area (Å²) in [5.41, 5.74) is 3.76. The van der Waals surface area contributed by atoms with Crippen LogP contribution in [0.3, 0.4) is 0 Å². The molecule has 0 atom stereocenters. The number of halogens is 1. The van der Waals surface area contributed by atoms with Gasteiger partial charge in [-0.15, -0.1) is 0 Å². The molecule has 1 N–H and O–H groups in total. The number of hydrogen-bond donors (Lipinski definition) is 1. The molecule has 7 nitrogen and oxygen atoms in total. The predicted molar refractivity (Wildman–Crippen MR) is 137 cm³/mol. The first-order valence-electron chi connectivity index (χ1n) is 11.5. The molecule has 2 aliphatic rings. The lowest BCUT2D eigenvalue weighted by Crippen LogP contribution is -2.49. The average Bonchev–Trinajstić information content (AvgIpc) is 3.22. The van der Waals surface area contributed by atoms with Crippen molar-refractivity contribution in [2.75, 3.05) is 13.1 Å². The van der Waals surface area contributed by atoms with E-state index in [4.69, 9.17) is 14.6 Å². The summed E-state index contributed by atoms with van der Waals surface area (Å²) in [5, 5.41) is 14.5. The molecule has 8 heteroatoms. The van der Waals surface area contributed by atoms with E-state index in [-0.39, 0.29) is 18.6 Å². The molecule has 34 heavy (non-hydrogen) atoms. The number of aliphatic hydroxyl groups is 1. The summed E-state index contributed by atoms with van der Waals surface area (Å²) in [6, 6.07) is 11.5. The maximum atomic E-state index is 13.3. The zero-order valence-electron chi connectivity index (χ0n) is 19.5. The van der Waals surface area contributed by atoms with Crippen LogP contribution in [0.4, 0.5) is 0 Å². The van der Waals surface area contributed by atoms with Crippen LogP contribution in [0.1, 0.15) is 48.2 Å². The second kappa shape index (κ2) is 8.88. The monoisotopic (exact) mass is 573 g/mol. The molecule has 2 aliphatic heterocycles. The van der Waals surface area contributed by atoms with Crippen molar-refractivity contribution in [3.05, 3.63) is 62.9 Å². The summed E-state index contributed by atoms with van der Waals surface area (Å²) in [4.78, 5) is 15.2. The Kier molecular flexibility index (Phi) is 6.05. The molecule has 178 valence electrons. The smallest absolute Gasteiger partial charge is 0.253 e. The SMILES string of the molecule is CC(C)Oc1ccc(C(=O)N2CCC3(CC2)Oc2ccc(I)cc2-c2nn(C)cc23)cc1CO. The molecular formula is C26H28IN3O4. The van der Waals surface area contributed by atoms with Crippen LogP contribution < -0.4 is 9.47 Å². The Morgan fingerprint density at radius 3 is 2.71 bits per heavy atom. The van der Waals surface area contributed by atoms with Gasteiger partial charge in [-0.25, -0.2) is 0 Å². The molecule has 0 saturated carbocycles. The van der Waals surface area contributed by atoms with Crippen LogP contribution >= 0.6 is 22.6 Å². The van der Waals surface area contributed by atoms with Crippen molar-refractivity contribution in [3.8, 4) is 22.8 Å². The second-order valence-corrected chi connectivity index (χ2v) is 10.5. The van der Waals surface area contributed by atoms with Crippen molar-refractivity contribution in [1.29, 1.82) is 0 Å². The summed E-state index contributed by atoms with van der Waals surface area (Å²) in [5.74, 6) is 1.41. The van der Waals surface area contributed by atoms with Gasteiger partial charge >= 0.3 is 0 Å². The molecule has 3 aromatic rings. The number of nitrogens with zero attached hydrogens (tertiary/aromatic N) is 3. The first-order valence-corrected chi connectivity index (χ1v) is 12.6. The highest BCUT2D eigenvalue weighted by atomic mass is 127. The number of piperidine rings is 1. The normalized spacial score (nSPS) is 16.2. The van der Waals surface area contributed by atoms with Gasteiger partial charge in [-0.1, -0.05) is 0 Å². The summed E-state index contributed by atoms with van der Waals surface area (Å²) >= 11 is 2.31. The highest BCUT2D eigenvalue weighted by molar-refractivity contribution is 14.1. The van der Waals surface area contributed by atoms with E-state index in [1.54, 1.807) is 18.2 Å². The lowest BCUT2D eigenvalue weighted by molar-refractivity contribution is -0.00168. The Morgan fingerprint density at radius 2 is 2.00 bits per heavy atom. The molecule has 0 aliphatic carbocycles. The minimum Gasteiger partial charge on any atom is -0.491 e. The first kappa shape index (κ1) is 23.2. The van der Waals surface area contributed by atoms with Crippen LogP contribution in [0.5, 0.6) is 11.5 Å². The quantitative estimate of drug-likeness (QED) is 0.466. The minimum atomic E-state index is -0.495. The number of aliphatic hydroxyl groups excluding tert-OH is 1. The third kappa shape index (κ3) is 4.07. The molecule has 2 aromatic carbocycles. The van der Waals surface area contributed by atoms with E-state index in [2.05, 4.69) is 34.9 Å². The van der Waals surface area contributed by atoms with Crippen LogP contribution in [0.25, 0.3) is 11.3 Å². The van der Waals surface area contributed by atoms with Gasteiger partial charge in [-0.05, 0) is 72.8 Å². The third-order valence-electron chi connectivity index (χ3n) is 6.52. The average molecular weight is 573 g/mol. The van der Waals surface area contributed by atoms with Crippen LogP contribution in [0, 0.1) is 3.57 Å². The van der Waals surface area contributed by atoms with Crippen LogP contribution in [-0.4, -0.2) is 44.9 Å². The summed E-state index contributed by atoms with van der Waals surface area (Å²) < 4.78 is 15.4. The maximum absolute atomic E-state index is 13.3. The Morgan fingerprint density at radius 1 is 1.24 bits per heavy atom. The van der Waals surface area contributed by atoms with Gasteiger partial charge in [-0.3, -0.25) is 9.48 Å². The van der Waals surface area contributed by atoms with E-state index in [1.165, 1.54) is 0 Å². The highest BCUT2D eigenvalue weighted by Crippen LogP contribution is 2.49. The molecule has 0 unspecified atom stereocenters. The molecule has 0 bridgehead atoms. The molecule has 3 heterocycles. The number of fused-ring (bicyclic) bond motifs is 4. The van der Waals surface area contributed by atoms with Crippen molar-refractivity contribution in [3.63, 3.8) is 0 Å². The van der Waals surface area contributed by atoms with E-state index in [9.17, 15) is 9.90 Å². The Labute approximate surface area is 212 Å². The second-order valence-electron chi connectivity index (χ2n) is 9.24. The number of benzene rings is 2. The summed E-state index contributed by atoms with van der Waals surface area (Å²) in [7, 11) is 1.93. The van der Waals surface area contributed by atoms with Gasteiger partial charge in [0.15, 0.2) is 0 Å². The van der Waals surface area contributed by atoms with E-state index in [1.807, 2.05) is 42.6 Å². The maximum Gasteiger partial charge on any atom is 0.253 e. The Bertz CT molecular complexity index is 1240. The molecule has 1 fully saturated rings. The van der Waals surface area contributed by atoms with Crippen LogP contribution in [0.2, 0.25) is 0 Å². The fourth-order valence-electron chi connectivity index (χ4n) is 4.89. The van der Waals surface area contributed by atoms with Crippen molar-refractivity contribution >= 4 is 28.5 Å². The fourth-order valence-corrected chi connectivity index (χ4v) is 5.38. The number of aryl methyl sites for hydroxylation is 1. The Balaban J connectivity index is 1.38. The summed E-state index contributed by atoms with van der Waals surface area (Å²) in [6.45, 7) is 4.84. The fraction of sp³-hybridized carbons (Fsp3) is 0.385. The minimum absolute atomic E-state index is 0.00778. The van der Waals surface area contributed by atoms with E-state index in [0.717, 1.165) is 26.1 Å². The van der Waals surface area contributed by atoms with Gasteiger partial charge in [0.05, 0.1) is 12.7 Å². The van der Waals surface area contributed by atoms with Gasteiger partial charge in [-0.2, -0.15) is 5.10 Å². The summed E-state index contributed by atoms with van der Waals surface area (Å²) in [6.07, 6.45) is 3.41. The van der Waals surface area contributed by atoms with Crippen molar-refractivity contribution in [2.45, 2.75) is 45.0 Å². The van der Waals surface area contributed by atoms with Gasteiger partial charge in [0.2, 0.25) is 0 Å². The van der Waals surface area contributed by atoms with Gasteiger partial charge in [0, 0.05) is 65.0 Å². The van der Waals surface area contributed by atoms with Gasteiger partial charge in [0.25, 0.3) is 5.91 Å². The number of carbonyl (C=O) groups excluding carboxylic acids is 1. The Hall–Kier alpha value is -2.59. The van der Waals surface area contributed by atoms with Gasteiger partial charge in [0.1, 0.15) is 22.8 Å². The lowest BCUT2D eigenvalue weighted by Gasteiger charge is -2.44. The third-order valence-corrected chi connectivity index (χ3v) is 7.19. The molecule has 1 aromatic heterocycles. The number of likely N-dealkylation sites (tertiary alicyclic amines) is 1. The molecule has 1 saturated heterocycles. The number of amides is 1. The molecule has 1 spiro atoms. The zero-order valence-corrected chi connectivity index (χ0v) is 21.7. The zero-order chi connectivity index (χ0) is 24.0. The molecule has 1 amide bonds. The van der Waals surface area contributed by atoms with Crippen LogP contribution in [0.15, 0.2) is 42.6 Å². The topological polar surface area (TPSA) is 76.8 Å². The van der Waals surface area contributed by atoms with E-state index < -0.39 is 5.60 Å². The van der Waals surface area contributed by atoms with Crippen molar-refractivity contribution < 1.29 is 19.4 Å². The number of hydrogen-bond acceptors (Lipinski definition) is 5.